The number of fused-ring (bicyclic) bond motifs is 2. The van der Waals surface area contributed by atoms with Gasteiger partial charge >= 0.3 is 6.18 Å². The van der Waals surface area contributed by atoms with E-state index in [2.05, 4.69) is 4.98 Å². The van der Waals surface area contributed by atoms with E-state index in [9.17, 15) is 13.2 Å². The van der Waals surface area contributed by atoms with Gasteiger partial charge in [0.1, 0.15) is 5.69 Å². The summed E-state index contributed by atoms with van der Waals surface area (Å²) in [6, 6.07) is 2.59. The molecule has 0 aliphatic carbocycles. The quantitative estimate of drug-likeness (QED) is 0.756. The summed E-state index contributed by atoms with van der Waals surface area (Å²) in [6.07, 6.45) is 0.468. The van der Waals surface area contributed by atoms with Crippen molar-refractivity contribution in [2.45, 2.75) is 43.6 Å². The molecule has 0 radical (unpaired) electrons. The highest BCUT2D eigenvalue weighted by Gasteiger charge is 2.41. The summed E-state index contributed by atoms with van der Waals surface area (Å²) in [6.45, 7) is 0. The third-order valence-corrected chi connectivity index (χ3v) is 3.61. The Morgan fingerprint density at radius 1 is 1.24 bits per heavy atom. The van der Waals surface area contributed by atoms with Crippen LogP contribution in [-0.4, -0.2) is 17.2 Å². The molecular weight excluding hydrogens is 231 g/mol. The standard InChI is InChI=1S/C12H12F3NO/c13-12(14,15)11-4-1-7(6-16-11)9-5-8-2-3-10(9)17-8/h1,4,6,8-10H,2-3,5H2. The molecule has 3 heterocycles. The van der Waals surface area contributed by atoms with Gasteiger partial charge in [0.15, 0.2) is 0 Å². The van der Waals surface area contributed by atoms with E-state index in [-0.39, 0.29) is 12.0 Å². The van der Waals surface area contributed by atoms with Crippen LogP contribution < -0.4 is 0 Å². The van der Waals surface area contributed by atoms with Gasteiger partial charge in [-0.2, -0.15) is 13.2 Å². The van der Waals surface area contributed by atoms with Crippen LogP contribution in [0.3, 0.4) is 0 Å². The highest BCUT2D eigenvalue weighted by Crippen LogP contribution is 2.44. The third-order valence-electron chi connectivity index (χ3n) is 3.61. The number of nitrogens with zero attached hydrogens (tertiary/aromatic N) is 1. The van der Waals surface area contributed by atoms with Crippen LogP contribution in [0, 0.1) is 0 Å². The fourth-order valence-corrected chi connectivity index (χ4v) is 2.78. The summed E-state index contributed by atoms with van der Waals surface area (Å²) in [7, 11) is 0. The largest absolute Gasteiger partial charge is 0.433 e. The van der Waals surface area contributed by atoms with Crippen LogP contribution in [0.1, 0.15) is 36.4 Å². The lowest BCUT2D eigenvalue weighted by Crippen LogP contribution is -2.15. The number of alkyl halides is 3. The zero-order chi connectivity index (χ0) is 12.0. The Hall–Kier alpha value is -1.10. The van der Waals surface area contributed by atoms with Crippen molar-refractivity contribution in [3.63, 3.8) is 0 Å². The maximum Gasteiger partial charge on any atom is 0.433 e. The fourth-order valence-electron chi connectivity index (χ4n) is 2.78. The minimum absolute atomic E-state index is 0.179. The average Bonchev–Trinajstić information content (AvgIpc) is 2.89. The number of pyridine rings is 1. The third kappa shape index (κ3) is 1.92. The predicted molar refractivity (Wildman–Crippen MR) is 54.5 cm³/mol. The molecule has 2 aliphatic rings. The van der Waals surface area contributed by atoms with Gasteiger partial charge in [-0.1, -0.05) is 6.07 Å². The van der Waals surface area contributed by atoms with Crippen molar-refractivity contribution >= 4 is 0 Å². The van der Waals surface area contributed by atoms with Gasteiger partial charge in [0.2, 0.25) is 0 Å². The predicted octanol–water partition coefficient (Wildman–Crippen LogP) is 3.14. The van der Waals surface area contributed by atoms with Crippen molar-refractivity contribution in [2.75, 3.05) is 0 Å². The molecule has 1 aromatic heterocycles. The lowest BCUT2D eigenvalue weighted by atomic mass is 9.85. The number of rotatable bonds is 1. The SMILES string of the molecule is FC(F)(F)c1ccc(C2CC3CCC2O3)cn1. The minimum Gasteiger partial charge on any atom is -0.374 e. The molecule has 5 heteroatoms. The topological polar surface area (TPSA) is 22.1 Å². The molecule has 0 spiro atoms. The molecule has 0 N–H and O–H groups in total. The van der Waals surface area contributed by atoms with E-state index in [0.29, 0.717) is 6.10 Å². The molecule has 17 heavy (non-hydrogen) atoms. The average molecular weight is 243 g/mol. The maximum atomic E-state index is 12.4. The highest BCUT2D eigenvalue weighted by molar-refractivity contribution is 5.23. The van der Waals surface area contributed by atoms with Gasteiger partial charge in [0.05, 0.1) is 12.2 Å². The van der Waals surface area contributed by atoms with Crippen LogP contribution in [0.4, 0.5) is 13.2 Å². The van der Waals surface area contributed by atoms with E-state index in [0.717, 1.165) is 30.9 Å². The molecule has 3 rings (SSSR count). The van der Waals surface area contributed by atoms with E-state index in [1.807, 2.05) is 0 Å². The van der Waals surface area contributed by atoms with E-state index in [1.165, 1.54) is 12.3 Å². The molecule has 2 aliphatic heterocycles. The second kappa shape index (κ2) is 3.70. The first-order valence-corrected chi connectivity index (χ1v) is 5.72. The summed E-state index contributed by atoms with van der Waals surface area (Å²) in [5, 5.41) is 0. The summed E-state index contributed by atoms with van der Waals surface area (Å²) in [5.74, 6) is 0.225. The molecule has 2 nitrogen and oxygen atoms in total. The van der Waals surface area contributed by atoms with Gasteiger partial charge < -0.3 is 4.74 Å². The van der Waals surface area contributed by atoms with Crippen molar-refractivity contribution in [1.82, 2.24) is 4.98 Å². The van der Waals surface area contributed by atoms with Crippen molar-refractivity contribution in [3.05, 3.63) is 29.6 Å². The molecule has 1 aromatic rings. The summed E-state index contributed by atoms with van der Waals surface area (Å²) >= 11 is 0. The first-order chi connectivity index (χ1) is 8.04. The highest BCUT2D eigenvalue weighted by atomic mass is 19.4. The van der Waals surface area contributed by atoms with Gasteiger partial charge in [0.25, 0.3) is 0 Å². The fraction of sp³-hybridized carbons (Fsp3) is 0.583. The lowest BCUT2D eigenvalue weighted by Gasteiger charge is -2.18. The Labute approximate surface area is 96.8 Å². The van der Waals surface area contributed by atoms with Crippen LogP contribution >= 0.6 is 0 Å². The number of ether oxygens (including phenoxy) is 1. The Morgan fingerprint density at radius 2 is 2.06 bits per heavy atom. The molecule has 0 amide bonds. The Kier molecular flexibility index (Phi) is 2.40. The summed E-state index contributed by atoms with van der Waals surface area (Å²) < 4.78 is 42.8. The first kappa shape index (κ1) is 11.0. The van der Waals surface area contributed by atoms with Crippen molar-refractivity contribution in [2.24, 2.45) is 0 Å². The Bertz CT molecular complexity index is 415. The van der Waals surface area contributed by atoms with E-state index in [1.54, 1.807) is 0 Å². The normalized spacial score (nSPS) is 32.1. The molecule has 92 valence electrons. The van der Waals surface area contributed by atoms with Crippen LogP contribution in [0.5, 0.6) is 0 Å². The van der Waals surface area contributed by atoms with Crippen LogP contribution in [-0.2, 0) is 10.9 Å². The molecule has 0 aromatic carbocycles. The second-order valence-electron chi connectivity index (χ2n) is 4.69. The van der Waals surface area contributed by atoms with Gasteiger partial charge in [-0.15, -0.1) is 0 Å². The lowest BCUT2D eigenvalue weighted by molar-refractivity contribution is -0.141. The molecular formula is C12H12F3NO. The second-order valence-corrected chi connectivity index (χ2v) is 4.69. The molecule has 0 saturated carbocycles. The van der Waals surface area contributed by atoms with Crippen molar-refractivity contribution in [3.8, 4) is 0 Å². The van der Waals surface area contributed by atoms with Crippen LogP contribution in [0.2, 0.25) is 0 Å². The van der Waals surface area contributed by atoms with E-state index < -0.39 is 11.9 Å². The number of hydrogen-bond acceptors (Lipinski definition) is 2. The molecule has 3 atom stereocenters. The van der Waals surface area contributed by atoms with Gasteiger partial charge in [-0.25, -0.2) is 0 Å². The van der Waals surface area contributed by atoms with Crippen molar-refractivity contribution in [1.29, 1.82) is 0 Å². The maximum absolute atomic E-state index is 12.4. The van der Waals surface area contributed by atoms with Crippen LogP contribution in [0.25, 0.3) is 0 Å². The Balaban J connectivity index is 1.81. The van der Waals surface area contributed by atoms with Crippen LogP contribution in [0.15, 0.2) is 18.3 Å². The van der Waals surface area contributed by atoms with Crippen molar-refractivity contribution < 1.29 is 17.9 Å². The summed E-state index contributed by atoms with van der Waals surface area (Å²) in [4.78, 5) is 3.50. The number of hydrogen-bond donors (Lipinski definition) is 0. The smallest absolute Gasteiger partial charge is 0.374 e. The zero-order valence-electron chi connectivity index (χ0n) is 9.07. The van der Waals surface area contributed by atoms with Gasteiger partial charge in [0, 0.05) is 12.1 Å². The van der Waals surface area contributed by atoms with Gasteiger partial charge in [-0.05, 0) is 30.9 Å². The minimum atomic E-state index is -4.36. The molecule has 2 fully saturated rings. The number of aromatic nitrogens is 1. The molecule has 3 unspecified atom stereocenters. The number of halogens is 3. The first-order valence-electron chi connectivity index (χ1n) is 5.72. The van der Waals surface area contributed by atoms with E-state index >= 15 is 0 Å². The summed E-state index contributed by atoms with van der Waals surface area (Å²) in [5.41, 5.74) is 0.0375. The zero-order valence-corrected chi connectivity index (χ0v) is 9.07. The molecule has 2 saturated heterocycles. The monoisotopic (exact) mass is 243 g/mol. The molecule has 2 bridgehead atoms. The van der Waals surface area contributed by atoms with Gasteiger partial charge in [-0.3, -0.25) is 4.98 Å². The Morgan fingerprint density at radius 3 is 2.53 bits per heavy atom. The van der Waals surface area contributed by atoms with E-state index in [4.69, 9.17) is 4.74 Å².